The van der Waals surface area contributed by atoms with E-state index in [0.29, 0.717) is 11.4 Å². The number of rotatable bonds is 13. The standard InChI is InChI=1S/C27H36N2O3S/c1-4-6-15-28(16-7-5-2)17-9-18-29-24(21-13-11-20(3)12-14-21)23(26(31)27(29)32)25(30)22-10-8-19-33-22/h8,10-14,19,24,31H,4-7,9,15-18H2,1-3H3. The quantitative estimate of drug-likeness (QED) is 0.370. The van der Waals surface area contributed by atoms with E-state index in [9.17, 15) is 14.7 Å². The van der Waals surface area contributed by atoms with Crippen molar-refractivity contribution in [3.8, 4) is 0 Å². The number of unbranched alkanes of at least 4 members (excludes halogenated alkanes) is 2. The van der Waals surface area contributed by atoms with Crippen LogP contribution in [-0.4, -0.2) is 52.8 Å². The van der Waals surface area contributed by atoms with Gasteiger partial charge >= 0.3 is 0 Å². The molecular formula is C27H36N2O3S. The maximum absolute atomic E-state index is 13.3. The zero-order valence-corrected chi connectivity index (χ0v) is 20.9. The first-order valence-corrected chi connectivity index (χ1v) is 13.0. The Morgan fingerprint density at radius 3 is 2.24 bits per heavy atom. The first kappa shape index (κ1) is 25.2. The van der Waals surface area contributed by atoms with Gasteiger partial charge in [0, 0.05) is 6.54 Å². The lowest BCUT2D eigenvalue weighted by Crippen LogP contribution is -2.35. The third-order valence-electron chi connectivity index (χ3n) is 6.22. The summed E-state index contributed by atoms with van der Waals surface area (Å²) in [5.74, 6) is -1.13. The van der Waals surface area contributed by atoms with E-state index in [0.717, 1.165) is 50.0 Å². The first-order valence-electron chi connectivity index (χ1n) is 12.1. The van der Waals surface area contributed by atoms with Crippen LogP contribution < -0.4 is 0 Å². The molecule has 1 aliphatic heterocycles. The molecule has 6 heteroatoms. The molecule has 1 aliphatic rings. The van der Waals surface area contributed by atoms with Crippen LogP contribution in [-0.2, 0) is 4.79 Å². The summed E-state index contributed by atoms with van der Waals surface area (Å²) in [5, 5.41) is 12.6. The average Bonchev–Trinajstić information content (AvgIpc) is 3.44. The molecule has 1 aromatic heterocycles. The van der Waals surface area contributed by atoms with Crippen molar-refractivity contribution in [2.24, 2.45) is 0 Å². The van der Waals surface area contributed by atoms with Crippen molar-refractivity contribution in [3.05, 3.63) is 69.1 Å². The third kappa shape index (κ3) is 6.12. The smallest absolute Gasteiger partial charge is 0.290 e. The fourth-order valence-electron chi connectivity index (χ4n) is 4.32. The minimum atomic E-state index is -0.563. The third-order valence-corrected chi connectivity index (χ3v) is 7.08. The van der Waals surface area contributed by atoms with Crippen LogP contribution in [0.5, 0.6) is 0 Å². The molecule has 2 heterocycles. The second-order valence-electron chi connectivity index (χ2n) is 8.78. The van der Waals surface area contributed by atoms with Crippen LogP contribution in [0, 0.1) is 6.92 Å². The molecule has 1 amide bonds. The highest BCUT2D eigenvalue weighted by molar-refractivity contribution is 7.12. The van der Waals surface area contributed by atoms with E-state index in [1.165, 1.54) is 24.2 Å². The molecule has 1 aromatic carbocycles. The molecule has 0 radical (unpaired) electrons. The molecule has 0 aliphatic carbocycles. The van der Waals surface area contributed by atoms with Gasteiger partial charge < -0.3 is 14.9 Å². The molecule has 1 atom stereocenters. The summed E-state index contributed by atoms with van der Waals surface area (Å²) >= 11 is 1.33. The van der Waals surface area contributed by atoms with Crippen molar-refractivity contribution in [1.82, 2.24) is 9.80 Å². The molecule has 2 aromatic rings. The van der Waals surface area contributed by atoms with Crippen molar-refractivity contribution in [1.29, 1.82) is 0 Å². The largest absolute Gasteiger partial charge is 0.503 e. The van der Waals surface area contributed by atoms with Crippen molar-refractivity contribution in [2.45, 2.75) is 58.9 Å². The molecule has 178 valence electrons. The van der Waals surface area contributed by atoms with Crippen LogP contribution in [0.1, 0.15) is 72.8 Å². The van der Waals surface area contributed by atoms with E-state index in [1.807, 2.05) is 42.6 Å². The number of Topliss-reactive ketones (excluding diaryl/α,β-unsaturated/α-hetero) is 1. The number of benzene rings is 1. The summed E-state index contributed by atoms with van der Waals surface area (Å²) in [4.78, 5) is 31.1. The lowest BCUT2D eigenvalue weighted by molar-refractivity contribution is -0.129. The molecule has 0 saturated carbocycles. The van der Waals surface area contributed by atoms with Crippen LogP contribution in [0.3, 0.4) is 0 Å². The average molecular weight is 469 g/mol. The Bertz CT molecular complexity index is 942. The zero-order chi connectivity index (χ0) is 23.8. The Morgan fingerprint density at radius 2 is 1.67 bits per heavy atom. The van der Waals surface area contributed by atoms with Crippen molar-refractivity contribution in [2.75, 3.05) is 26.2 Å². The van der Waals surface area contributed by atoms with Crippen LogP contribution in [0.25, 0.3) is 0 Å². The molecule has 0 saturated heterocycles. The Labute approximate surface area is 201 Å². The summed E-state index contributed by atoms with van der Waals surface area (Å²) in [5.41, 5.74) is 2.16. The fraction of sp³-hybridized carbons (Fsp3) is 0.481. The summed E-state index contributed by atoms with van der Waals surface area (Å²) in [6, 6.07) is 10.9. The summed E-state index contributed by atoms with van der Waals surface area (Å²) in [6.45, 7) is 9.94. The number of thiophene rings is 1. The van der Waals surface area contributed by atoms with Crippen molar-refractivity contribution >= 4 is 23.0 Å². The highest BCUT2D eigenvalue weighted by atomic mass is 32.1. The van der Waals surface area contributed by atoms with Gasteiger partial charge in [0.05, 0.1) is 16.5 Å². The van der Waals surface area contributed by atoms with Gasteiger partial charge in [-0.3, -0.25) is 9.59 Å². The molecule has 33 heavy (non-hydrogen) atoms. The van der Waals surface area contributed by atoms with Crippen LogP contribution in [0.2, 0.25) is 0 Å². The van der Waals surface area contributed by atoms with Gasteiger partial charge in [-0.1, -0.05) is 62.6 Å². The van der Waals surface area contributed by atoms with Gasteiger partial charge in [-0.25, -0.2) is 0 Å². The van der Waals surface area contributed by atoms with Crippen molar-refractivity contribution in [3.63, 3.8) is 0 Å². The van der Waals surface area contributed by atoms with Gasteiger partial charge in [0.2, 0.25) is 5.78 Å². The number of amides is 1. The lowest BCUT2D eigenvalue weighted by atomic mass is 9.94. The SMILES string of the molecule is CCCCN(CCCC)CCCN1C(=O)C(O)=C(C(=O)c2cccs2)C1c1ccc(C)cc1. The van der Waals surface area contributed by atoms with E-state index < -0.39 is 17.7 Å². The van der Waals surface area contributed by atoms with E-state index in [2.05, 4.69) is 18.7 Å². The Kier molecular flexibility index (Phi) is 9.27. The number of ketones is 1. The summed E-state index contributed by atoms with van der Waals surface area (Å²) in [7, 11) is 0. The molecule has 1 N–H and O–H groups in total. The molecule has 0 fully saturated rings. The first-order chi connectivity index (χ1) is 16.0. The number of carbonyl (C=O) groups is 2. The molecule has 0 spiro atoms. The highest BCUT2D eigenvalue weighted by Gasteiger charge is 2.43. The van der Waals surface area contributed by atoms with Gasteiger partial charge in [-0.05, 0) is 62.8 Å². The molecular weight excluding hydrogens is 432 g/mol. The highest BCUT2D eigenvalue weighted by Crippen LogP contribution is 2.39. The van der Waals surface area contributed by atoms with E-state index >= 15 is 0 Å². The van der Waals surface area contributed by atoms with Crippen LogP contribution >= 0.6 is 11.3 Å². The molecule has 1 unspecified atom stereocenters. The number of aliphatic hydroxyl groups is 1. The van der Waals surface area contributed by atoms with Gasteiger partial charge in [0.25, 0.3) is 5.91 Å². The number of aliphatic hydroxyl groups excluding tert-OH is 1. The van der Waals surface area contributed by atoms with Gasteiger partial charge in [0.1, 0.15) is 0 Å². The predicted octanol–water partition coefficient (Wildman–Crippen LogP) is 5.93. The Balaban J connectivity index is 1.81. The molecule has 5 nitrogen and oxygen atoms in total. The van der Waals surface area contributed by atoms with Gasteiger partial charge in [-0.15, -0.1) is 11.3 Å². The maximum atomic E-state index is 13.3. The molecule has 0 bridgehead atoms. The number of hydrogen-bond acceptors (Lipinski definition) is 5. The minimum absolute atomic E-state index is 0.195. The summed E-state index contributed by atoms with van der Waals surface area (Å²) < 4.78 is 0. The van der Waals surface area contributed by atoms with E-state index in [1.54, 1.807) is 11.0 Å². The predicted molar refractivity (Wildman–Crippen MR) is 135 cm³/mol. The number of nitrogens with zero attached hydrogens (tertiary/aromatic N) is 2. The van der Waals surface area contributed by atoms with E-state index in [-0.39, 0.29) is 11.4 Å². The maximum Gasteiger partial charge on any atom is 0.290 e. The topological polar surface area (TPSA) is 60.9 Å². The number of carbonyl (C=O) groups excluding carboxylic acids is 2. The van der Waals surface area contributed by atoms with Gasteiger partial charge in [0.15, 0.2) is 5.76 Å². The second-order valence-corrected chi connectivity index (χ2v) is 9.73. The number of aryl methyl sites for hydroxylation is 1. The van der Waals surface area contributed by atoms with Crippen LogP contribution in [0.15, 0.2) is 53.1 Å². The van der Waals surface area contributed by atoms with Crippen LogP contribution in [0.4, 0.5) is 0 Å². The zero-order valence-electron chi connectivity index (χ0n) is 20.0. The number of hydrogen-bond donors (Lipinski definition) is 1. The molecule has 3 rings (SSSR count). The van der Waals surface area contributed by atoms with Gasteiger partial charge in [-0.2, -0.15) is 0 Å². The minimum Gasteiger partial charge on any atom is -0.503 e. The van der Waals surface area contributed by atoms with Crippen molar-refractivity contribution < 1.29 is 14.7 Å². The summed E-state index contributed by atoms with van der Waals surface area (Å²) in [6.07, 6.45) is 5.46. The Hall–Kier alpha value is -2.44. The second kappa shape index (κ2) is 12.1. The normalized spacial score (nSPS) is 16.3. The van der Waals surface area contributed by atoms with E-state index in [4.69, 9.17) is 0 Å². The lowest BCUT2D eigenvalue weighted by Gasteiger charge is -2.28. The monoisotopic (exact) mass is 468 g/mol. The Morgan fingerprint density at radius 1 is 1.03 bits per heavy atom. The fourth-order valence-corrected chi connectivity index (χ4v) is 4.99.